The first-order valence-electron chi connectivity index (χ1n) is 5.97. The lowest BCUT2D eigenvalue weighted by Crippen LogP contribution is -1.98. The highest BCUT2D eigenvalue weighted by atomic mass is 79.9. The topological polar surface area (TPSA) is 59.4 Å². The molecule has 1 heterocycles. The van der Waals surface area contributed by atoms with Crippen LogP contribution in [0.15, 0.2) is 51.7 Å². The standard InChI is InChI=1S/C15H11Br2NO3/c16-12-2-3-14(11(6-12)1-4-15(19)20)21-9-10-5-13(17)8-18-7-10/h1-8H,9H2,(H,19,20)/b4-1+. The largest absolute Gasteiger partial charge is 0.488 e. The molecule has 0 aliphatic rings. The van der Waals surface area contributed by atoms with E-state index in [1.165, 1.54) is 6.08 Å². The van der Waals surface area contributed by atoms with Crippen LogP contribution in [0.4, 0.5) is 0 Å². The Morgan fingerprint density at radius 2 is 2.05 bits per heavy atom. The van der Waals surface area contributed by atoms with Crippen LogP contribution in [0.5, 0.6) is 5.75 Å². The maximum atomic E-state index is 10.6. The van der Waals surface area contributed by atoms with Crippen molar-refractivity contribution in [3.05, 3.63) is 62.8 Å². The predicted molar refractivity (Wildman–Crippen MR) is 87.1 cm³/mol. The second-order valence-corrected chi connectivity index (χ2v) is 5.99. The SMILES string of the molecule is O=C(O)/C=C/c1cc(Br)ccc1OCc1cncc(Br)c1. The van der Waals surface area contributed by atoms with Crippen molar-refractivity contribution in [2.45, 2.75) is 6.61 Å². The second kappa shape index (κ2) is 7.38. The van der Waals surface area contributed by atoms with E-state index in [9.17, 15) is 4.79 Å². The molecule has 0 atom stereocenters. The van der Waals surface area contributed by atoms with E-state index < -0.39 is 5.97 Å². The Balaban J connectivity index is 2.17. The molecule has 21 heavy (non-hydrogen) atoms. The number of carboxylic acid groups (broad SMARTS) is 1. The molecule has 0 fully saturated rings. The highest BCUT2D eigenvalue weighted by Gasteiger charge is 2.04. The molecule has 1 N–H and O–H groups in total. The highest BCUT2D eigenvalue weighted by molar-refractivity contribution is 9.10. The number of aromatic nitrogens is 1. The molecule has 0 saturated carbocycles. The van der Waals surface area contributed by atoms with Crippen LogP contribution >= 0.6 is 31.9 Å². The van der Waals surface area contributed by atoms with E-state index in [4.69, 9.17) is 9.84 Å². The summed E-state index contributed by atoms with van der Waals surface area (Å²) in [6.07, 6.45) is 6.00. The van der Waals surface area contributed by atoms with Crippen LogP contribution in [0.3, 0.4) is 0 Å². The molecule has 0 unspecified atom stereocenters. The molecule has 2 aromatic rings. The molecule has 1 aromatic heterocycles. The Bertz CT molecular complexity index is 686. The van der Waals surface area contributed by atoms with Crippen LogP contribution in [0.2, 0.25) is 0 Å². The highest BCUT2D eigenvalue weighted by Crippen LogP contribution is 2.25. The minimum absolute atomic E-state index is 0.349. The molecule has 6 heteroatoms. The fraction of sp³-hybridized carbons (Fsp3) is 0.0667. The van der Waals surface area contributed by atoms with E-state index in [0.29, 0.717) is 17.9 Å². The summed E-state index contributed by atoms with van der Waals surface area (Å²) in [6.45, 7) is 0.349. The lowest BCUT2D eigenvalue weighted by molar-refractivity contribution is -0.131. The van der Waals surface area contributed by atoms with Crippen LogP contribution in [0.1, 0.15) is 11.1 Å². The third-order valence-electron chi connectivity index (χ3n) is 2.53. The summed E-state index contributed by atoms with van der Waals surface area (Å²) in [7, 11) is 0. The van der Waals surface area contributed by atoms with Crippen LogP contribution in [-0.4, -0.2) is 16.1 Å². The molecule has 0 saturated heterocycles. The van der Waals surface area contributed by atoms with Gasteiger partial charge in [0.2, 0.25) is 0 Å². The van der Waals surface area contributed by atoms with Gasteiger partial charge in [0.1, 0.15) is 12.4 Å². The first-order chi connectivity index (χ1) is 10.0. The average molecular weight is 413 g/mol. The number of carboxylic acids is 1. The van der Waals surface area contributed by atoms with Crippen molar-refractivity contribution in [2.75, 3.05) is 0 Å². The number of ether oxygens (including phenoxy) is 1. The van der Waals surface area contributed by atoms with Crippen LogP contribution < -0.4 is 4.74 Å². The molecular weight excluding hydrogens is 402 g/mol. The van der Waals surface area contributed by atoms with Crippen molar-refractivity contribution >= 4 is 43.9 Å². The third-order valence-corrected chi connectivity index (χ3v) is 3.46. The van der Waals surface area contributed by atoms with E-state index in [1.807, 2.05) is 12.1 Å². The van der Waals surface area contributed by atoms with Crippen LogP contribution in [0.25, 0.3) is 6.08 Å². The van der Waals surface area contributed by atoms with Gasteiger partial charge in [-0.25, -0.2) is 4.79 Å². The number of hydrogen-bond donors (Lipinski definition) is 1. The molecule has 108 valence electrons. The van der Waals surface area contributed by atoms with E-state index in [-0.39, 0.29) is 0 Å². The van der Waals surface area contributed by atoms with Crippen molar-refractivity contribution < 1.29 is 14.6 Å². The smallest absolute Gasteiger partial charge is 0.328 e. The van der Waals surface area contributed by atoms with Gasteiger partial charge >= 0.3 is 5.97 Å². The van der Waals surface area contributed by atoms with Gasteiger partial charge in [-0.15, -0.1) is 0 Å². The molecule has 0 aliphatic heterocycles. The summed E-state index contributed by atoms with van der Waals surface area (Å²) < 4.78 is 7.47. The van der Waals surface area contributed by atoms with E-state index in [2.05, 4.69) is 36.8 Å². The lowest BCUT2D eigenvalue weighted by Gasteiger charge is -2.10. The van der Waals surface area contributed by atoms with Gasteiger partial charge in [-0.2, -0.15) is 0 Å². The zero-order chi connectivity index (χ0) is 15.2. The summed E-state index contributed by atoms with van der Waals surface area (Å²) in [5.74, 6) is -0.396. The summed E-state index contributed by atoms with van der Waals surface area (Å²) >= 11 is 6.71. The minimum atomic E-state index is -1.00. The van der Waals surface area contributed by atoms with Gasteiger partial charge < -0.3 is 9.84 Å². The number of nitrogens with zero attached hydrogens (tertiary/aromatic N) is 1. The molecule has 1 aromatic carbocycles. The van der Waals surface area contributed by atoms with Crippen LogP contribution in [0, 0.1) is 0 Å². The fourth-order valence-corrected chi connectivity index (χ4v) is 2.43. The van der Waals surface area contributed by atoms with Gasteiger partial charge in [-0.1, -0.05) is 15.9 Å². The number of benzene rings is 1. The summed E-state index contributed by atoms with van der Waals surface area (Å²) in [5, 5.41) is 8.72. The van der Waals surface area contributed by atoms with Gasteiger partial charge in [0, 0.05) is 38.5 Å². The summed E-state index contributed by atoms with van der Waals surface area (Å²) in [4.78, 5) is 14.7. The summed E-state index contributed by atoms with van der Waals surface area (Å²) in [6, 6.07) is 7.34. The van der Waals surface area contributed by atoms with E-state index in [0.717, 1.165) is 20.6 Å². The van der Waals surface area contributed by atoms with E-state index >= 15 is 0 Å². The molecule has 4 nitrogen and oxygen atoms in total. The number of halogens is 2. The van der Waals surface area contributed by atoms with Crippen LogP contribution in [-0.2, 0) is 11.4 Å². The van der Waals surface area contributed by atoms with Crippen molar-refractivity contribution in [1.29, 1.82) is 0 Å². The van der Waals surface area contributed by atoms with Gasteiger partial charge in [0.05, 0.1) is 0 Å². The van der Waals surface area contributed by atoms with Gasteiger partial charge in [0.15, 0.2) is 0 Å². The van der Waals surface area contributed by atoms with Gasteiger partial charge in [-0.3, -0.25) is 4.98 Å². The van der Waals surface area contributed by atoms with E-state index in [1.54, 1.807) is 24.5 Å². The quantitative estimate of drug-likeness (QED) is 0.744. The monoisotopic (exact) mass is 411 g/mol. The molecule has 0 radical (unpaired) electrons. The Morgan fingerprint density at radius 1 is 1.24 bits per heavy atom. The zero-order valence-corrected chi connectivity index (χ0v) is 14.0. The summed E-state index contributed by atoms with van der Waals surface area (Å²) in [5.41, 5.74) is 1.61. The molecular formula is C15H11Br2NO3. The maximum absolute atomic E-state index is 10.6. The number of aliphatic carboxylic acids is 1. The van der Waals surface area contributed by atoms with Crippen molar-refractivity contribution in [3.63, 3.8) is 0 Å². The van der Waals surface area contributed by atoms with Crippen molar-refractivity contribution in [2.24, 2.45) is 0 Å². The van der Waals surface area contributed by atoms with Gasteiger partial charge in [0.25, 0.3) is 0 Å². The fourth-order valence-electron chi connectivity index (χ4n) is 1.64. The molecule has 0 amide bonds. The Morgan fingerprint density at radius 3 is 2.76 bits per heavy atom. The second-order valence-electron chi connectivity index (χ2n) is 4.15. The number of hydrogen-bond acceptors (Lipinski definition) is 3. The Kier molecular flexibility index (Phi) is 5.52. The number of pyridine rings is 1. The lowest BCUT2D eigenvalue weighted by atomic mass is 10.2. The third kappa shape index (κ3) is 4.99. The molecule has 2 rings (SSSR count). The van der Waals surface area contributed by atoms with Gasteiger partial charge in [-0.05, 0) is 46.3 Å². The number of carbonyl (C=O) groups is 1. The molecule has 0 aliphatic carbocycles. The first kappa shape index (κ1) is 15.7. The normalized spacial score (nSPS) is 10.8. The van der Waals surface area contributed by atoms with Crippen molar-refractivity contribution in [3.8, 4) is 5.75 Å². The Labute approximate surface area is 138 Å². The molecule has 0 spiro atoms. The average Bonchev–Trinajstić information content (AvgIpc) is 2.44. The predicted octanol–water partition coefficient (Wildman–Crippen LogP) is 4.28. The first-order valence-corrected chi connectivity index (χ1v) is 7.56. The number of rotatable bonds is 5. The van der Waals surface area contributed by atoms with Crippen molar-refractivity contribution in [1.82, 2.24) is 4.98 Å². The minimum Gasteiger partial charge on any atom is -0.488 e. The molecule has 0 bridgehead atoms. The maximum Gasteiger partial charge on any atom is 0.328 e. The zero-order valence-electron chi connectivity index (χ0n) is 10.8. The Hall–Kier alpha value is -1.66.